The van der Waals surface area contributed by atoms with E-state index in [1.54, 1.807) is 12.1 Å². The highest BCUT2D eigenvalue weighted by molar-refractivity contribution is 5.79. The minimum Gasteiger partial charge on any atom is -0.390 e. The first kappa shape index (κ1) is 14.9. The monoisotopic (exact) mass is 286 g/mol. The molecule has 0 atom stereocenters. The van der Waals surface area contributed by atoms with Gasteiger partial charge in [-0.1, -0.05) is 54.2 Å². The van der Waals surface area contributed by atoms with E-state index in [1.165, 1.54) is 18.2 Å². The third kappa shape index (κ3) is 4.53. The van der Waals surface area contributed by atoms with Crippen molar-refractivity contribution in [1.82, 2.24) is 0 Å². The van der Waals surface area contributed by atoms with E-state index in [2.05, 4.69) is 17.9 Å². The van der Waals surface area contributed by atoms with Crippen molar-refractivity contribution >= 4 is 12.3 Å². The van der Waals surface area contributed by atoms with E-state index in [0.29, 0.717) is 5.56 Å². The fourth-order valence-electron chi connectivity index (χ4n) is 1.75. The molecule has 2 rings (SSSR count). The molecule has 0 aliphatic carbocycles. The molecule has 0 saturated carbocycles. The summed E-state index contributed by atoms with van der Waals surface area (Å²) in [5, 5.41) is 3.67. The van der Waals surface area contributed by atoms with Gasteiger partial charge in [0.2, 0.25) is 0 Å². The molecule has 107 valence electrons. The molecule has 2 nitrogen and oxygen atoms in total. The van der Waals surface area contributed by atoms with Crippen LogP contribution >= 0.6 is 0 Å². The highest BCUT2D eigenvalue weighted by atomic mass is 19.3. The molecule has 0 spiro atoms. The average molecular weight is 286 g/mol. The minimum absolute atomic E-state index is 0.0612. The number of rotatable bonds is 6. The smallest absolute Gasteiger partial charge is 0.263 e. The lowest BCUT2D eigenvalue weighted by Gasteiger charge is -2.01. The second-order valence-electron chi connectivity index (χ2n) is 4.35. The molecule has 4 heteroatoms. The Labute approximate surface area is 122 Å². The topological polar surface area (TPSA) is 21.6 Å². The number of halogens is 2. The molecule has 2 aromatic carbocycles. The van der Waals surface area contributed by atoms with E-state index in [1.807, 2.05) is 24.3 Å². The molecule has 0 aromatic heterocycles. The van der Waals surface area contributed by atoms with Gasteiger partial charge >= 0.3 is 0 Å². The maximum atomic E-state index is 12.5. The van der Waals surface area contributed by atoms with Crippen LogP contribution in [0.5, 0.6) is 0 Å². The number of nitrogens with zero attached hydrogens (tertiary/aromatic N) is 1. The van der Waals surface area contributed by atoms with Crippen LogP contribution in [-0.4, -0.2) is 6.21 Å². The average Bonchev–Trinajstić information content (AvgIpc) is 2.52. The van der Waals surface area contributed by atoms with Gasteiger partial charge in [0.15, 0.2) is 0 Å². The van der Waals surface area contributed by atoms with Crippen LogP contribution < -0.4 is 0 Å². The third-order valence-electron chi connectivity index (χ3n) is 2.80. The molecule has 1 radical (unpaired) electrons. The minimum atomic E-state index is -2.51. The fourth-order valence-corrected chi connectivity index (χ4v) is 1.75. The lowest BCUT2D eigenvalue weighted by Crippen LogP contribution is -1.90. The zero-order valence-electron chi connectivity index (χ0n) is 11.3. The fraction of sp³-hybridized carbons (Fsp3) is 0.118. The van der Waals surface area contributed by atoms with Crippen LogP contribution in [0.1, 0.15) is 28.7 Å². The molecule has 0 bridgehead atoms. The Kier molecular flexibility index (Phi) is 5.21. The number of hydrogen-bond donors (Lipinski definition) is 0. The molecule has 0 aliphatic rings. The molecule has 0 heterocycles. The number of benzene rings is 2. The summed E-state index contributed by atoms with van der Waals surface area (Å²) in [5.41, 5.74) is 2.33. The first-order valence-electron chi connectivity index (χ1n) is 6.36. The van der Waals surface area contributed by atoms with E-state index in [-0.39, 0.29) is 12.2 Å². The van der Waals surface area contributed by atoms with Crippen molar-refractivity contribution < 1.29 is 13.6 Å². The highest BCUT2D eigenvalue weighted by Crippen LogP contribution is 2.18. The van der Waals surface area contributed by atoms with Gasteiger partial charge in [-0.15, -0.1) is 0 Å². The van der Waals surface area contributed by atoms with Crippen LogP contribution in [0.4, 0.5) is 8.78 Å². The second kappa shape index (κ2) is 7.33. The lowest BCUT2D eigenvalue weighted by molar-refractivity contribution is 0.132. The Morgan fingerprint density at radius 3 is 2.76 bits per heavy atom. The summed E-state index contributed by atoms with van der Waals surface area (Å²) in [7, 11) is 0. The highest BCUT2D eigenvalue weighted by Gasteiger charge is 2.06. The van der Waals surface area contributed by atoms with Gasteiger partial charge < -0.3 is 4.84 Å². The van der Waals surface area contributed by atoms with Crippen LogP contribution in [0.2, 0.25) is 0 Å². The summed E-state index contributed by atoms with van der Waals surface area (Å²) in [6, 6.07) is 13.5. The van der Waals surface area contributed by atoms with Crippen molar-refractivity contribution in [2.45, 2.75) is 13.0 Å². The Hall–Kier alpha value is -2.49. The van der Waals surface area contributed by atoms with Crippen molar-refractivity contribution in [2.75, 3.05) is 0 Å². The molecule has 0 amide bonds. The molecular formula is C17H14F2NO. The molecule has 0 aliphatic heterocycles. The first-order chi connectivity index (χ1) is 10.2. The largest absolute Gasteiger partial charge is 0.390 e. The zero-order chi connectivity index (χ0) is 15.1. The molecule has 2 aromatic rings. The SMILES string of the molecule is C=Cc1cccc(CO/N=[C]\c2cccc(C(F)F)c2)c1. The molecule has 0 unspecified atom stereocenters. The van der Waals surface area contributed by atoms with E-state index in [9.17, 15) is 8.78 Å². The molecular weight excluding hydrogens is 272 g/mol. The van der Waals surface area contributed by atoms with Gasteiger partial charge in [0.1, 0.15) is 12.8 Å². The van der Waals surface area contributed by atoms with Crippen LogP contribution in [-0.2, 0) is 11.4 Å². The van der Waals surface area contributed by atoms with Crippen molar-refractivity contribution in [2.24, 2.45) is 5.16 Å². The number of alkyl halides is 2. The first-order valence-corrected chi connectivity index (χ1v) is 6.36. The quantitative estimate of drug-likeness (QED) is 0.557. The summed E-state index contributed by atoms with van der Waals surface area (Å²) in [4.78, 5) is 5.12. The Morgan fingerprint density at radius 2 is 2.00 bits per heavy atom. The Morgan fingerprint density at radius 1 is 1.19 bits per heavy atom. The van der Waals surface area contributed by atoms with E-state index in [4.69, 9.17) is 4.84 Å². The van der Waals surface area contributed by atoms with Gasteiger partial charge in [-0.25, -0.2) is 8.78 Å². The summed E-state index contributed by atoms with van der Waals surface area (Å²) in [6.45, 7) is 3.97. The summed E-state index contributed by atoms with van der Waals surface area (Å²) < 4.78 is 25.1. The zero-order valence-corrected chi connectivity index (χ0v) is 11.3. The lowest BCUT2D eigenvalue weighted by atomic mass is 10.1. The second-order valence-corrected chi connectivity index (χ2v) is 4.35. The van der Waals surface area contributed by atoms with Crippen LogP contribution in [0.15, 0.2) is 60.3 Å². The van der Waals surface area contributed by atoms with Crippen molar-refractivity contribution in [3.63, 3.8) is 0 Å². The summed E-state index contributed by atoms with van der Waals surface area (Å²) in [5.74, 6) is 0. The molecule has 21 heavy (non-hydrogen) atoms. The normalized spacial score (nSPS) is 11.0. The van der Waals surface area contributed by atoms with Crippen LogP contribution in [0.25, 0.3) is 6.08 Å². The van der Waals surface area contributed by atoms with Crippen molar-refractivity contribution in [1.29, 1.82) is 0 Å². The van der Waals surface area contributed by atoms with Gasteiger partial charge in [-0.3, -0.25) is 0 Å². The maximum absolute atomic E-state index is 12.5. The van der Waals surface area contributed by atoms with Crippen molar-refractivity contribution in [3.8, 4) is 0 Å². The number of hydrogen-bond acceptors (Lipinski definition) is 2. The van der Waals surface area contributed by atoms with Gasteiger partial charge in [-0.05, 0) is 23.3 Å². The standard InChI is InChI=1S/C17H14F2NO/c1-2-13-5-3-7-15(9-13)12-21-20-11-14-6-4-8-16(10-14)17(18)19/h2-10,17H,1,12H2. The predicted molar refractivity (Wildman–Crippen MR) is 79.3 cm³/mol. The predicted octanol–water partition coefficient (Wildman–Crippen LogP) is 4.69. The van der Waals surface area contributed by atoms with Crippen molar-refractivity contribution in [3.05, 3.63) is 77.4 Å². The Bertz CT molecular complexity index is 638. The van der Waals surface area contributed by atoms with Gasteiger partial charge in [-0.2, -0.15) is 0 Å². The van der Waals surface area contributed by atoms with E-state index >= 15 is 0 Å². The summed E-state index contributed by atoms with van der Waals surface area (Å²) in [6.07, 6.45) is 1.83. The third-order valence-corrected chi connectivity index (χ3v) is 2.80. The molecule has 0 saturated heterocycles. The Balaban J connectivity index is 1.93. The van der Waals surface area contributed by atoms with Gasteiger partial charge in [0.05, 0.1) is 0 Å². The molecule has 0 N–H and O–H groups in total. The van der Waals surface area contributed by atoms with E-state index in [0.717, 1.165) is 11.1 Å². The van der Waals surface area contributed by atoms with Gasteiger partial charge in [0, 0.05) is 11.1 Å². The summed E-state index contributed by atoms with van der Waals surface area (Å²) >= 11 is 0. The van der Waals surface area contributed by atoms with Crippen LogP contribution in [0.3, 0.4) is 0 Å². The van der Waals surface area contributed by atoms with Crippen LogP contribution in [0, 0.1) is 0 Å². The van der Waals surface area contributed by atoms with Gasteiger partial charge in [0.25, 0.3) is 6.43 Å². The van der Waals surface area contributed by atoms with E-state index < -0.39 is 6.43 Å². The maximum Gasteiger partial charge on any atom is 0.263 e. The molecule has 0 fully saturated rings.